The van der Waals surface area contributed by atoms with E-state index in [0.29, 0.717) is 24.2 Å². The van der Waals surface area contributed by atoms with Gasteiger partial charge < -0.3 is 16.4 Å². The Bertz CT molecular complexity index is 516. The van der Waals surface area contributed by atoms with Crippen LogP contribution in [0.25, 0.3) is 0 Å². The van der Waals surface area contributed by atoms with Crippen molar-refractivity contribution in [1.29, 1.82) is 0 Å². The summed E-state index contributed by atoms with van der Waals surface area (Å²) in [7, 11) is 0. The second kappa shape index (κ2) is 4.97. The molecule has 5 nitrogen and oxygen atoms in total. The number of rotatable bonds is 2. The van der Waals surface area contributed by atoms with Gasteiger partial charge in [0.15, 0.2) is 0 Å². The number of carbonyl (C=O) groups excluding carboxylic acids is 2. The van der Waals surface area contributed by atoms with Crippen LogP contribution in [0.1, 0.15) is 18.4 Å². The lowest BCUT2D eigenvalue weighted by Crippen LogP contribution is -2.37. The first-order valence-corrected chi connectivity index (χ1v) is 6.42. The number of hydrogen-bond donors (Lipinski definition) is 3. The van der Waals surface area contributed by atoms with Crippen molar-refractivity contribution in [2.45, 2.75) is 25.8 Å². The molecule has 1 atom stereocenters. The van der Waals surface area contributed by atoms with Crippen LogP contribution in [0, 0.1) is 6.92 Å². The van der Waals surface area contributed by atoms with Gasteiger partial charge in [0.25, 0.3) is 0 Å². The fraction of sp³-hybridized carbons (Fsp3) is 0.333. The normalized spacial score (nSPS) is 18.6. The minimum atomic E-state index is -0.462. The predicted molar refractivity (Wildman–Crippen MR) is 73.1 cm³/mol. The molecule has 2 rings (SSSR count). The van der Waals surface area contributed by atoms with Crippen LogP contribution in [0.15, 0.2) is 16.6 Å². The topological polar surface area (TPSA) is 84.2 Å². The number of nitrogens with two attached hydrogens (primary N) is 1. The Kier molecular flexibility index (Phi) is 3.56. The molecule has 0 spiro atoms. The van der Waals surface area contributed by atoms with Crippen LogP contribution in [0.5, 0.6) is 0 Å². The van der Waals surface area contributed by atoms with Gasteiger partial charge in [-0.1, -0.05) is 15.9 Å². The molecule has 6 heteroatoms. The number of halogens is 1. The minimum Gasteiger partial charge on any atom is -0.397 e. The van der Waals surface area contributed by atoms with E-state index in [1.165, 1.54) is 0 Å². The second-order valence-corrected chi connectivity index (χ2v) is 5.25. The van der Waals surface area contributed by atoms with Gasteiger partial charge in [-0.15, -0.1) is 0 Å². The van der Waals surface area contributed by atoms with Gasteiger partial charge in [-0.2, -0.15) is 0 Å². The first-order valence-electron chi connectivity index (χ1n) is 5.63. The van der Waals surface area contributed by atoms with Crippen molar-refractivity contribution in [3.8, 4) is 0 Å². The van der Waals surface area contributed by atoms with E-state index in [1.807, 2.05) is 13.0 Å². The molecular formula is C12H14BrN3O2. The number of amides is 2. The summed E-state index contributed by atoms with van der Waals surface area (Å²) in [6.07, 6.45) is 0.919. The summed E-state index contributed by atoms with van der Waals surface area (Å²) in [6, 6.07) is 3.16. The van der Waals surface area contributed by atoms with E-state index >= 15 is 0 Å². The largest absolute Gasteiger partial charge is 0.397 e. The van der Waals surface area contributed by atoms with Gasteiger partial charge in [0, 0.05) is 10.9 Å². The zero-order valence-electron chi connectivity index (χ0n) is 9.92. The lowest BCUT2D eigenvalue weighted by molar-refractivity contribution is -0.122. The Hall–Kier alpha value is -1.56. The Labute approximate surface area is 113 Å². The Balaban J connectivity index is 2.14. The number of nitrogens with one attached hydrogen (secondary N) is 2. The molecule has 0 aromatic heterocycles. The molecule has 0 bridgehead atoms. The molecule has 96 valence electrons. The maximum atomic E-state index is 11.9. The molecule has 1 aliphatic heterocycles. The summed E-state index contributed by atoms with van der Waals surface area (Å²) >= 11 is 3.35. The number of hydrogen-bond acceptors (Lipinski definition) is 3. The Morgan fingerprint density at radius 2 is 2.28 bits per heavy atom. The van der Waals surface area contributed by atoms with Crippen molar-refractivity contribution < 1.29 is 9.59 Å². The van der Waals surface area contributed by atoms with E-state index < -0.39 is 6.04 Å². The van der Waals surface area contributed by atoms with Crippen molar-refractivity contribution in [1.82, 2.24) is 5.32 Å². The van der Waals surface area contributed by atoms with Gasteiger partial charge in [-0.05, 0) is 31.0 Å². The van der Waals surface area contributed by atoms with Crippen molar-refractivity contribution in [3.63, 3.8) is 0 Å². The molecule has 2 amide bonds. The van der Waals surface area contributed by atoms with Crippen LogP contribution >= 0.6 is 15.9 Å². The molecule has 1 fully saturated rings. The molecule has 1 aromatic rings. The van der Waals surface area contributed by atoms with Gasteiger partial charge in [-0.25, -0.2) is 0 Å². The molecule has 4 N–H and O–H groups in total. The molecule has 1 saturated heterocycles. The molecule has 0 aliphatic carbocycles. The van der Waals surface area contributed by atoms with E-state index in [0.717, 1.165) is 10.0 Å². The Morgan fingerprint density at radius 3 is 2.89 bits per heavy atom. The zero-order valence-corrected chi connectivity index (χ0v) is 11.5. The number of carbonyl (C=O) groups is 2. The third-order valence-corrected chi connectivity index (χ3v) is 3.38. The van der Waals surface area contributed by atoms with Crippen LogP contribution in [0.2, 0.25) is 0 Å². The lowest BCUT2D eigenvalue weighted by Gasteiger charge is -2.14. The van der Waals surface area contributed by atoms with Crippen molar-refractivity contribution in [3.05, 3.63) is 22.2 Å². The van der Waals surface area contributed by atoms with E-state index in [1.54, 1.807) is 6.07 Å². The highest BCUT2D eigenvalue weighted by Gasteiger charge is 2.27. The Morgan fingerprint density at radius 1 is 1.56 bits per heavy atom. The van der Waals surface area contributed by atoms with Gasteiger partial charge >= 0.3 is 0 Å². The fourth-order valence-corrected chi connectivity index (χ4v) is 2.46. The van der Waals surface area contributed by atoms with Gasteiger partial charge in [0.1, 0.15) is 6.04 Å². The average Bonchev–Trinajstić information content (AvgIpc) is 2.72. The SMILES string of the molecule is Cc1cc(Br)cc(NC(=O)C2CCC(=O)N2)c1N. The molecular weight excluding hydrogens is 298 g/mol. The highest BCUT2D eigenvalue weighted by atomic mass is 79.9. The molecule has 1 aliphatic rings. The van der Waals surface area contributed by atoms with Gasteiger partial charge in [0.05, 0.1) is 11.4 Å². The van der Waals surface area contributed by atoms with E-state index in [4.69, 9.17) is 5.73 Å². The lowest BCUT2D eigenvalue weighted by atomic mass is 10.1. The number of nitrogen functional groups attached to an aromatic ring is 1. The molecule has 1 unspecified atom stereocenters. The van der Waals surface area contributed by atoms with Crippen LogP contribution in [-0.4, -0.2) is 17.9 Å². The van der Waals surface area contributed by atoms with E-state index in [-0.39, 0.29) is 11.8 Å². The van der Waals surface area contributed by atoms with Crippen LogP contribution < -0.4 is 16.4 Å². The highest BCUT2D eigenvalue weighted by Crippen LogP contribution is 2.27. The maximum Gasteiger partial charge on any atom is 0.247 e. The summed E-state index contributed by atoms with van der Waals surface area (Å²) in [4.78, 5) is 23.0. The van der Waals surface area contributed by atoms with Crippen LogP contribution in [-0.2, 0) is 9.59 Å². The van der Waals surface area contributed by atoms with Crippen molar-refractivity contribution in [2.75, 3.05) is 11.1 Å². The van der Waals surface area contributed by atoms with E-state index in [2.05, 4.69) is 26.6 Å². The second-order valence-electron chi connectivity index (χ2n) is 4.33. The summed E-state index contributed by atoms with van der Waals surface area (Å²) in [6.45, 7) is 1.87. The molecule has 18 heavy (non-hydrogen) atoms. The van der Waals surface area contributed by atoms with Gasteiger partial charge in [0.2, 0.25) is 11.8 Å². The maximum absolute atomic E-state index is 11.9. The predicted octanol–water partition coefficient (Wildman–Crippen LogP) is 1.56. The molecule has 0 radical (unpaired) electrons. The third-order valence-electron chi connectivity index (χ3n) is 2.92. The number of benzene rings is 1. The quantitative estimate of drug-likeness (QED) is 0.725. The first kappa shape index (κ1) is 12.9. The number of aryl methyl sites for hydroxylation is 1. The first-order chi connectivity index (χ1) is 8.47. The van der Waals surface area contributed by atoms with Gasteiger partial charge in [-0.3, -0.25) is 9.59 Å². The smallest absolute Gasteiger partial charge is 0.247 e. The highest BCUT2D eigenvalue weighted by molar-refractivity contribution is 9.10. The summed E-state index contributed by atoms with van der Waals surface area (Å²) in [5.41, 5.74) is 7.89. The van der Waals surface area contributed by atoms with Crippen molar-refractivity contribution in [2.24, 2.45) is 0 Å². The summed E-state index contributed by atoms with van der Waals surface area (Å²) in [5.74, 6) is -0.321. The fourth-order valence-electron chi connectivity index (χ4n) is 1.89. The average molecular weight is 312 g/mol. The summed E-state index contributed by atoms with van der Waals surface area (Å²) < 4.78 is 0.847. The number of anilines is 2. The zero-order chi connectivity index (χ0) is 13.3. The standard InChI is InChI=1S/C12H14BrN3O2/c1-6-4-7(13)5-9(11(6)14)16-12(18)8-2-3-10(17)15-8/h4-5,8H,2-3,14H2,1H3,(H,15,17)(H,16,18). The molecule has 1 aromatic carbocycles. The van der Waals surface area contributed by atoms with Crippen molar-refractivity contribution >= 4 is 39.1 Å². The monoisotopic (exact) mass is 311 g/mol. The molecule has 0 saturated carbocycles. The van der Waals surface area contributed by atoms with Crippen LogP contribution in [0.3, 0.4) is 0 Å². The summed E-state index contributed by atoms with van der Waals surface area (Å²) in [5, 5.41) is 5.36. The minimum absolute atomic E-state index is 0.0893. The van der Waals surface area contributed by atoms with E-state index in [9.17, 15) is 9.59 Å². The molecule has 1 heterocycles. The third kappa shape index (κ3) is 2.64. The van der Waals surface area contributed by atoms with Crippen LogP contribution in [0.4, 0.5) is 11.4 Å².